The quantitative estimate of drug-likeness (QED) is 0.613. The maximum atomic E-state index is 8.89. The molecule has 0 amide bonds. The molecule has 1 aromatic heterocycles. The molecule has 0 spiro atoms. The molecule has 22 heavy (non-hydrogen) atoms. The molecule has 0 unspecified atom stereocenters. The lowest BCUT2D eigenvalue weighted by Gasteiger charge is -2.17. The van der Waals surface area contributed by atoms with Gasteiger partial charge in [0.2, 0.25) is 0 Å². The monoisotopic (exact) mass is 329 g/mol. The van der Waals surface area contributed by atoms with Crippen molar-refractivity contribution in [1.29, 1.82) is 0 Å². The highest BCUT2D eigenvalue weighted by Gasteiger charge is 2.20. The Bertz CT molecular complexity index is 973. The summed E-state index contributed by atoms with van der Waals surface area (Å²) in [6.07, 6.45) is 0. The molecule has 3 aromatic rings. The van der Waals surface area contributed by atoms with E-state index in [4.69, 9.17) is 5.48 Å². The topological polar surface area (TPSA) is 4.93 Å². The molecule has 0 aliphatic rings. The number of aromatic nitrogens is 1. The van der Waals surface area contributed by atoms with Crippen molar-refractivity contribution in [3.8, 4) is 0 Å². The van der Waals surface area contributed by atoms with Gasteiger partial charge >= 0.3 is 0 Å². The summed E-state index contributed by atoms with van der Waals surface area (Å²) in [4.78, 5) is 0. The summed E-state index contributed by atoms with van der Waals surface area (Å²) in [5, 5.41) is 3.25. The molecule has 0 aliphatic heterocycles. The van der Waals surface area contributed by atoms with Crippen LogP contribution in [0.25, 0.3) is 21.8 Å². The molecule has 0 saturated carbocycles. The average Bonchev–Trinajstić information content (AvgIpc) is 2.70. The van der Waals surface area contributed by atoms with Crippen LogP contribution >= 0.6 is 0 Å². The fourth-order valence-corrected chi connectivity index (χ4v) is 4.73. The second kappa shape index (κ2) is 4.83. The van der Waals surface area contributed by atoms with E-state index in [2.05, 4.69) is 39.3 Å². The molecule has 0 atom stereocenters. The van der Waals surface area contributed by atoms with Crippen molar-refractivity contribution in [2.24, 2.45) is 7.05 Å². The number of hydrogen-bond donors (Lipinski definition) is 0. The summed E-state index contributed by atoms with van der Waals surface area (Å²) in [7, 11) is -1.83. The Morgan fingerprint density at radius 2 is 1.14 bits per heavy atom. The van der Waals surface area contributed by atoms with E-state index in [9.17, 15) is 0 Å². The van der Waals surface area contributed by atoms with Gasteiger partial charge in [-0.25, -0.2) is 0 Å². The van der Waals surface area contributed by atoms with Crippen LogP contribution in [0.4, 0.5) is 0 Å². The Morgan fingerprint density at radius 1 is 0.773 bits per heavy atom. The second-order valence-corrected chi connectivity index (χ2v) is 18.2. The minimum absolute atomic E-state index is 0.407. The van der Waals surface area contributed by atoms with Gasteiger partial charge in [-0.2, -0.15) is 0 Å². The van der Waals surface area contributed by atoms with Gasteiger partial charge in [0, 0.05) is 28.9 Å². The lowest BCUT2D eigenvalue weighted by atomic mass is 10.1. The third kappa shape index (κ3) is 2.46. The Balaban J connectivity index is 2.64. The minimum Gasteiger partial charge on any atom is -0.344 e. The number of nitrogens with zero attached hydrogens (tertiary/aromatic N) is 1. The molecule has 3 heteroatoms. The van der Waals surface area contributed by atoms with Gasteiger partial charge < -0.3 is 4.57 Å². The van der Waals surface area contributed by atoms with Crippen LogP contribution in [0.15, 0.2) is 36.3 Å². The van der Waals surface area contributed by atoms with E-state index in [1.54, 1.807) is 0 Å². The third-order valence-electron chi connectivity index (χ3n) is 4.19. The first-order valence-corrected chi connectivity index (χ1v) is 14.8. The average molecular weight is 330 g/mol. The van der Waals surface area contributed by atoms with Crippen LogP contribution in [-0.4, -0.2) is 20.7 Å². The summed E-state index contributed by atoms with van der Waals surface area (Å²) in [6, 6.07) is 5.36. The van der Waals surface area contributed by atoms with Crippen molar-refractivity contribution in [2.75, 3.05) is 0 Å². The highest BCUT2D eigenvalue weighted by Crippen LogP contribution is 2.27. The molecule has 0 saturated heterocycles. The number of benzene rings is 2. The molecule has 1 heterocycles. The molecule has 2 aromatic carbocycles. The van der Waals surface area contributed by atoms with Crippen LogP contribution < -0.4 is 10.4 Å². The molecule has 116 valence electrons. The first-order chi connectivity index (χ1) is 11.8. The minimum atomic E-state index is -1.87. The van der Waals surface area contributed by atoms with Gasteiger partial charge in [-0.15, -0.1) is 0 Å². The molecule has 0 aliphatic carbocycles. The van der Waals surface area contributed by atoms with Gasteiger partial charge in [0.1, 0.15) is 0 Å². The predicted molar refractivity (Wildman–Crippen MR) is 106 cm³/mol. The van der Waals surface area contributed by atoms with Crippen molar-refractivity contribution in [3.63, 3.8) is 0 Å². The highest BCUT2D eigenvalue weighted by molar-refractivity contribution is 6.89. The molecule has 0 N–H and O–H groups in total. The second-order valence-electron chi connectivity index (χ2n) is 8.16. The summed E-state index contributed by atoms with van der Waals surface area (Å²) in [5.41, 5.74) is 1.63. The fraction of sp³-hybridized carbons (Fsp3) is 0.368. The van der Waals surface area contributed by atoms with Crippen molar-refractivity contribution in [1.82, 2.24) is 4.57 Å². The van der Waals surface area contributed by atoms with Gasteiger partial charge in [0.15, 0.2) is 0 Å². The maximum Gasteiger partial charge on any atom is 0.0776 e. The van der Waals surface area contributed by atoms with Gasteiger partial charge in [0.05, 0.1) is 21.6 Å². The van der Waals surface area contributed by atoms with Crippen LogP contribution in [0.3, 0.4) is 0 Å². The number of aryl methyl sites for hydroxylation is 1. The molecule has 0 fully saturated rings. The summed E-state index contributed by atoms with van der Waals surface area (Å²) in [6.45, 7) is 13.0. The SMILES string of the molecule is [2H]c1cc2c(c([2H])c1[Si](C)(C)C)c1c([2H])c([Si](C)(C)C)c([2H])cc1n2C. The lowest BCUT2D eigenvalue weighted by molar-refractivity contribution is 1.01. The zero-order chi connectivity index (χ0) is 19.8. The van der Waals surface area contributed by atoms with Crippen LogP contribution in [-0.2, 0) is 7.05 Å². The molecule has 1 nitrogen and oxygen atoms in total. The zero-order valence-electron chi connectivity index (χ0n) is 18.6. The van der Waals surface area contributed by atoms with Crippen LogP contribution in [0.1, 0.15) is 5.48 Å². The van der Waals surface area contributed by atoms with Crippen molar-refractivity contribution < 1.29 is 5.48 Å². The first kappa shape index (κ1) is 11.2. The van der Waals surface area contributed by atoms with Crippen LogP contribution in [0, 0.1) is 0 Å². The molecule has 0 radical (unpaired) electrons. The zero-order valence-corrected chi connectivity index (χ0v) is 16.6. The third-order valence-corrected chi connectivity index (χ3v) is 7.73. The van der Waals surface area contributed by atoms with E-state index in [1.165, 1.54) is 0 Å². The predicted octanol–water partition coefficient (Wildman–Crippen LogP) is 4.42. The van der Waals surface area contributed by atoms with Gasteiger partial charge in [-0.3, -0.25) is 0 Å². The normalized spacial score (nSPS) is 15.8. The number of fused-ring (bicyclic) bond motifs is 3. The highest BCUT2D eigenvalue weighted by atomic mass is 28.3. The lowest BCUT2D eigenvalue weighted by Crippen LogP contribution is -2.37. The van der Waals surface area contributed by atoms with Gasteiger partial charge in [-0.05, 0) is 12.1 Å². The Kier molecular flexibility index (Phi) is 2.47. The van der Waals surface area contributed by atoms with E-state index in [1.807, 2.05) is 23.7 Å². The number of rotatable bonds is 2. The molecular weight excluding hydrogens is 298 g/mol. The van der Waals surface area contributed by atoms with E-state index in [0.29, 0.717) is 24.2 Å². The summed E-state index contributed by atoms with van der Waals surface area (Å²) >= 11 is 0. The number of hydrogen-bond acceptors (Lipinski definition) is 0. The Labute approximate surface area is 141 Å². The maximum absolute atomic E-state index is 8.89. The fourth-order valence-electron chi connectivity index (χ4n) is 2.72. The van der Waals surface area contributed by atoms with Gasteiger partial charge in [-0.1, -0.05) is 73.8 Å². The van der Waals surface area contributed by atoms with Crippen molar-refractivity contribution >= 4 is 48.3 Å². The smallest absolute Gasteiger partial charge is 0.0776 e. The first-order valence-electron chi connectivity index (χ1n) is 9.80. The molecule has 0 bridgehead atoms. The Morgan fingerprint density at radius 3 is 1.45 bits per heavy atom. The van der Waals surface area contributed by atoms with Crippen molar-refractivity contribution in [2.45, 2.75) is 39.3 Å². The summed E-state index contributed by atoms with van der Waals surface area (Å²) in [5.74, 6) is 0. The standard InChI is InChI=1S/C19H27NSi2/c1-20-18-10-8-14(21(2,3)4)12-16(18)17-13-15(22(5,6)7)9-11-19(17)20/h8-13H,1-7H3/i8D,9D,12D,13D. The van der Waals surface area contributed by atoms with E-state index >= 15 is 0 Å². The van der Waals surface area contributed by atoms with Crippen LogP contribution in [0.2, 0.25) is 39.3 Å². The van der Waals surface area contributed by atoms with E-state index in [0.717, 1.165) is 32.2 Å². The molecular formula is C19H27NSi2. The summed E-state index contributed by atoms with van der Waals surface area (Å²) < 4.78 is 36.7. The van der Waals surface area contributed by atoms with E-state index < -0.39 is 16.1 Å². The Hall–Kier alpha value is -1.33. The largest absolute Gasteiger partial charge is 0.344 e. The van der Waals surface area contributed by atoms with Crippen LogP contribution in [0.5, 0.6) is 0 Å². The van der Waals surface area contributed by atoms with Crippen molar-refractivity contribution in [3.05, 3.63) is 36.3 Å². The van der Waals surface area contributed by atoms with E-state index in [-0.39, 0.29) is 0 Å². The van der Waals surface area contributed by atoms with Gasteiger partial charge in [0.25, 0.3) is 0 Å². The molecule has 3 rings (SSSR count).